The van der Waals surface area contributed by atoms with E-state index in [2.05, 4.69) is 108 Å². The highest BCUT2D eigenvalue weighted by molar-refractivity contribution is 6.13. The monoisotopic (exact) mass is 1550 g/mol. The minimum Gasteiger partial charge on any atom is -0.497 e. The standard InChI is InChI=1S/C33H29N5O4.C29H27N5O4.C27H20FN5O3/c1-2-3-14-42-27-12-8-24-19-37(30(39)28(24)16-27)20-33(31(40)35-32(41)36-33)26-10-6-22(7-11-26)23-9-13-29-25(15-23)17-34-38(29)18-21-4-5-21;1-17(2)34-15-21-12-19(7-11-25(21)32-34)18-4-8-22(9-5-18)29(27(36)30-28(37)31-29)16-33-14-20-6-10-23(38-3)13-24(20)26(33)35;28-21-8-3-19-14-33(24(34)23(19)13-21)15-27(25(35)30-26(36)31-27)20-6-1-17(2-7-20)18-4-9-22(10-5-18)32-12-11-29-16-32/h6-13,15-17,21H,4-5,14,18-20H2,1H3,(H2,35,36,40,41);4-13,15,17,21H,14,16H2,1-3H3,(H-,30,31,36,37);1-13,16H,14-15H2,(H2,30,31,35,36)/p+1/t33-;21?,29-;27-/m000/s1. The molecule has 0 spiro atoms. The Labute approximate surface area is 664 Å². The van der Waals surface area contributed by atoms with Gasteiger partial charge in [0.2, 0.25) is 0 Å². The van der Waals surface area contributed by atoms with Gasteiger partial charge in [0.15, 0.2) is 28.9 Å². The van der Waals surface area contributed by atoms with Crippen molar-refractivity contribution < 1.29 is 61.7 Å². The van der Waals surface area contributed by atoms with Crippen LogP contribution in [0.3, 0.4) is 0 Å². The van der Waals surface area contributed by atoms with Crippen LogP contribution < -0.4 is 41.4 Å². The van der Waals surface area contributed by atoms with Gasteiger partial charge in [0.25, 0.3) is 35.4 Å². The van der Waals surface area contributed by atoms with E-state index >= 15 is 0 Å². The first-order chi connectivity index (χ1) is 56.1. The minimum atomic E-state index is -1.46. The number of rotatable bonds is 19. The summed E-state index contributed by atoms with van der Waals surface area (Å²) in [5.41, 5.74) is 10.2. The molecule has 2 aliphatic carbocycles. The Morgan fingerprint density at radius 3 is 1.55 bits per heavy atom. The second kappa shape index (κ2) is 29.9. The number of benzene rings is 8. The number of nitrogens with zero attached hydrogens (tertiary/aromatic N) is 9. The summed E-state index contributed by atoms with van der Waals surface area (Å²) >= 11 is 0. The number of nitrogens with one attached hydrogen (secondary N) is 6. The first-order valence-corrected chi connectivity index (χ1v) is 38.0. The second-order valence-corrected chi connectivity index (χ2v) is 30.2. The molecule has 19 rings (SSSR count). The van der Waals surface area contributed by atoms with Crippen molar-refractivity contribution in [1.82, 2.24) is 65.9 Å². The molecule has 4 atom stereocenters. The van der Waals surface area contributed by atoms with Crippen LogP contribution in [0, 0.1) is 29.5 Å². The van der Waals surface area contributed by atoms with Gasteiger partial charge in [-0.15, -0.1) is 5.92 Å². The zero-order chi connectivity index (χ0) is 80.3. The molecule has 0 bridgehead atoms. The molecule has 9 aliphatic rings. The van der Waals surface area contributed by atoms with E-state index in [1.165, 1.54) is 29.9 Å². The summed E-state index contributed by atoms with van der Waals surface area (Å²) in [6.45, 7) is 7.92. The molecule has 1 saturated carbocycles. The summed E-state index contributed by atoms with van der Waals surface area (Å²) in [6.07, 6.45) is 18.1. The van der Waals surface area contributed by atoms with Gasteiger partial charge in [-0.05, 0) is 178 Å². The fourth-order valence-corrected chi connectivity index (χ4v) is 16.0. The van der Waals surface area contributed by atoms with Crippen LogP contribution in [0.25, 0.3) is 44.4 Å². The Morgan fingerprint density at radius 1 is 0.569 bits per heavy atom. The summed E-state index contributed by atoms with van der Waals surface area (Å²) in [5.74, 6) is 4.79. The first kappa shape index (κ1) is 74.3. The number of ether oxygens (including phenoxy) is 2. The van der Waals surface area contributed by atoms with Gasteiger partial charge in [-0.3, -0.25) is 49.4 Å². The van der Waals surface area contributed by atoms with E-state index < -0.39 is 58.2 Å². The summed E-state index contributed by atoms with van der Waals surface area (Å²) in [4.78, 5) is 125. The highest BCUT2D eigenvalue weighted by Gasteiger charge is 2.54. The van der Waals surface area contributed by atoms with E-state index in [0.717, 1.165) is 79.3 Å². The molecule has 580 valence electrons. The molecule has 3 saturated heterocycles. The SMILES string of the molecule is CC#CCOc1ccc2c(c1)C(=O)N(C[C@@]1(c3ccc(-c4ccc5c(cnn5CC5CC5)c4)cc3)NC(=O)NC1=O)C2.COc1ccc2c(c1)C(=O)N(C[C@@]1(c3ccc(C4=CC5C=[N+](C(C)C)N=C5C=C4)cc3)NC(=O)NC1=O)C2.O=C1NC(=O)[C@](CN2Cc3ccc(F)cc3C2=O)(c2ccc(-c3ccc(-n4ccnc4)cc3)cc2)N1. The third kappa shape index (κ3) is 14.0. The van der Waals surface area contributed by atoms with Crippen molar-refractivity contribution in [3.63, 3.8) is 0 Å². The largest absolute Gasteiger partial charge is 0.497 e. The van der Waals surface area contributed by atoms with E-state index in [1.807, 2.05) is 131 Å². The van der Waals surface area contributed by atoms with Crippen LogP contribution in [0.2, 0.25) is 0 Å². The van der Waals surface area contributed by atoms with Gasteiger partial charge in [-0.1, -0.05) is 132 Å². The normalized spacial score (nSPS) is 20.6. The Bertz CT molecular complexity index is 5960. The summed E-state index contributed by atoms with van der Waals surface area (Å²) in [6, 6.07) is 49.9. The number of halogens is 1. The average Bonchev–Trinajstić information content (AvgIpc) is 1.68. The molecule has 27 heteroatoms. The number of imidazole rings is 1. The van der Waals surface area contributed by atoms with Gasteiger partial charge < -0.3 is 44.7 Å². The first-order valence-electron chi connectivity index (χ1n) is 38.0. The van der Waals surface area contributed by atoms with Crippen LogP contribution in [-0.4, -0.2) is 144 Å². The van der Waals surface area contributed by atoms with Crippen LogP contribution >= 0.6 is 0 Å². The number of methoxy groups -OCH3 is 1. The number of allylic oxidation sites excluding steroid dienone is 4. The van der Waals surface area contributed by atoms with E-state index in [0.29, 0.717) is 64.0 Å². The smallest absolute Gasteiger partial charge is 0.322 e. The molecule has 26 nitrogen and oxygen atoms in total. The molecular formula is C89H77FN15O11+. The number of hydrogen-bond acceptors (Lipinski definition) is 14. The molecule has 9 heterocycles. The molecule has 12 amide bonds. The second-order valence-electron chi connectivity index (χ2n) is 30.2. The molecule has 4 fully saturated rings. The molecule has 1 unspecified atom stereocenters. The van der Waals surface area contributed by atoms with Crippen molar-refractivity contribution in [2.45, 2.75) is 82.5 Å². The lowest BCUT2D eigenvalue weighted by molar-refractivity contribution is -0.557. The lowest BCUT2D eigenvalue weighted by Gasteiger charge is -2.31. The predicted octanol–water partition coefficient (Wildman–Crippen LogP) is 10.4. The Kier molecular flexibility index (Phi) is 19.2. The van der Waals surface area contributed by atoms with E-state index in [9.17, 15) is 47.5 Å². The molecule has 10 aromatic rings. The Hall–Kier alpha value is -14.4. The number of hydrazone groups is 1. The zero-order valence-corrected chi connectivity index (χ0v) is 63.5. The van der Waals surface area contributed by atoms with Crippen molar-refractivity contribution in [3.05, 3.63) is 274 Å². The fraction of sp³-hybridized carbons (Fsp3) is 0.225. The molecule has 0 radical (unpaired) electrons. The van der Waals surface area contributed by atoms with Gasteiger partial charge >= 0.3 is 18.1 Å². The number of hydrogen-bond donors (Lipinski definition) is 6. The molecule has 7 aliphatic heterocycles. The highest BCUT2D eigenvalue weighted by Crippen LogP contribution is 2.40. The van der Waals surface area contributed by atoms with E-state index in [4.69, 9.17) is 9.47 Å². The van der Waals surface area contributed by atoms with Gasteiger partial charge in [0.1, 0.15) is 35.6 Å². The van der Waals surface area contributed by atoms with Crippen LogP contribution in [0.5, 0.6) is 11.5 Å². The maximum absolute atomic E-state index is 13.7. The molecule has 6 N–H and O–H groups in total. The maximum atomic E-state index is 13.7. The summed E-state index contributed by atoms with van der Waals surface area (Å²) < 4.78 is 30.6. The van der Waals surface area contributed by atoms with Crippen LogP contribution in [0.1, 0.15) is 104 Å². The molecular weight excluding hydrogens is 1470 g/mol. The third-order valence-electron chi connectivity index (χ3n) is 22.5. The molecule has 2 aromatic heterocycles. The fourth-order valence-electron chi connectivity index (χ4n) is 16.0. The van der Waals surface area contributed by atoms with Gasteiger partial charge in [-0.25, -0.2) is 23.8 Å². The Balaban J connectivity index is 0.000000126. The van der Waals surface area contributed by atoms with E-state index in [1.54, 1.807) is 78.8 Å². The molecule has 116 heavy (non-hydrogen) atoms. The predicted molar refractivity (Wildman–Crippen MR) is 427 cm³/mol. The van der Waals surface area contributed by atoms with E-state index in [-0.39, 0.29) is 62.0 Å². The zero-order valence-electron chi connectivity index (χ0n) is 63.5. The Morgan fingerprint density at radius 2 is 1.06 bits per heavy atom. The number of fused-ring (bicyclic) bond motifs is 5. The molecule has 8 aromatic carbocycles. The number of imide groups is 3. The van der Waals surface area contributed by atoms with Crippen molar-refractivity contribution >= 4 is 81.9 Å². The third-order valence-corrected chi connectivity index (χ3v) is 22.5. The summed E-state index contributed by atoms with van der Waals surface area (Å²) in [7, 11) is 1.55. The van der Waals surface area contributed by atoms with Crippen LogP contribution in [0.4, 0.5) is 18.8 Å². The van der Waals surface area contributed by atoms with Crippen molar-refractivity contribution in [2.24, 2.45) is 16.9 Å². The van der Waals surface area contributed by atoms with Gasteiger partial charge in [0.05, 0.1) is 44.8 Å². The van der Waals surface area contributed by atoms with Crippen molar-refractivity contribution in [1.29, 1.82) is 0 Å². The number of carbonyl (C=O) groups excluding carboxylic acids is 9. The maximum Gasteiger partial charge on any atom is 0.322 e. The highest BCUT2D eigenvalue weighted by atomic mass is 19.1. The average molecular weight is 1550 g/mol. The van der Waals surface area contributed by atoms with Crippen molar-refractivity contribution in [2.75, 3.05) is 33.4 Å². The number of carbonyl (C=O) groups is 9. The van der Waals surface area contributed by atoms with Gasteiger partial charge in [0, 0.05) is 66.3 Å². The number of aromatic nitrogens is 4. The number of urea groups is 3. The van der Waals surface area contributed by atoms with Crippen molar-refractivity contribution in [3.8, 4) is 51.3 Å². The van der Waals surface area contributed by atoms with Crippen LogP contribution in [-0.2, 0) is 57.2 Å². The van der Waals surface area contributed by atoms with Crippen LogP contribution in [0.15, 0.2) is 218 Å². The quantitative estimate of drug-likeness (QED) is 0.0250. The topological polar surface area (TPSA) is 305 Å². The number of amides is 12. The van der Waals surface area contributed by atoms with Gasteiger partial charge in [-0.2, -0.15) is 5.10 Å². The summed E-state index contributed by atoms with van der Waals surface area (Å²) in [5, 5.41) is 25.7. The lowest BCUT2D eigenvalue weighted by atomic mass is 9.86. The lowest BCUT2D eigenvalue weighted by Crippen LogP contribution is -2.52. The minimum absolute atomic E-state index is 0.00421.